The van der Waals surface area contributed by atoms with E-state index in [1.54, 1.807) is 51.1 Å². The molecule has 112 valence electrons. The molecule has 3 nitrogen and oxygen atoms in total. The van der Waals surface area contributed by atoms with Crippen LogP contribution < -0.4 is 4.31 Å². The highest BCUT2D eigenvalue weighted by atomic mass is 32.2. The van der Waals surface area contributed by atoms with Crippen LogP contribution in [0.2, 0.25) is 0 Å². The van der Waals surface area contributed by atoms with Gasteiger partial charge in [-0.05, 0) is 50.6 Å². The Kier molecular flexibility index (Phi) is 4.32. The largest absolute Gasteiger partial charge is 0.267 e. The summed E-state index contributed by atoms with van der Waals surface area (Å²) >= 11 is 0. The SMILES string of the molecule is Cc1ccc(F)c(S(=O)(=O)N(c2ccccc2)C(C)C)c1. The zero-order valence-electron chi connectivity index (χ0n) is 12.2. The number of nitrogens with zero attached hydrogens (tertiary/aromatic N) is 1. The maximum absolute atomic E-state index is 14.0. The van der Waals surface area contributed by atoms with E-state index in [0.29, 0.717) is 11.3 Å². The molecule has 0 saturated heterocycles. The van der Waals surface area contributed by atoms with Gasteiger partial charge in [-0.3, -0.25) is 4.31 Å². The second-order valence-electron chi connectivity index (χ2n) is 5.16. The summed E-state index contributed by atoms with van der Waals surface area (Å²) in [7, 11) is -3.95. The first-order valence-corrected chi connectivity index (χ1v) is 8.13. The van der Waals surface area contributed by atoms with Crippen LogP contribution in [0.25, 0.3) is 0 Å². The molecule has 0 aliphatic heterocycles. The fourth-order valence-corrected chi connectivity index (χ4v) is 4.02. The molecule has 0 aromatic heterocycles. The lowest BCUT2D eigenvalue weighted by molar-refractivity contribution is 0.559. The third kappa shape index (κ3) is 3.08. The van der Waals surface area contributed by atoms with Crippen LogP contribution >= 0.6 is 0 Å². The molecule has 0 radical (unpaired) electrons. The van der Waals surface area contributed by atoms with E-state index in [9.17, 15) is 12.8 Å². The number of hydrogen-bond acceptors (Lipinski definition) is 2. The maximum Gasteiger partial charge on any atom is 0.267 e. The van der Waals surface area contributed by atoms with E-state index in [-0.39, 0.29) is 10.9 Å². The Labute approximate surface area is 125 Å². The number of benzene rings is 2. The second kappa shape index (κ2) is 5.85. The molecule has 5 heteroatoms. The van der Waals surface area contributed by atoms with Crippen LogP contribution in [0.4, 0.5) is 10.1 Å². The number of rotatable bonds is 4. The Balaban J connectivity index is 2.61. The first-order valence-electron chi connectivity index (χ1n) is 6.69. The zero-order chi connectivity index (χ0) is 15.6. The average molecular weight is 307 g/mol. The Morgan fingerprint density at radius 3 is 2.24 bits per heavy atom. The number of anilines is 1. The molecule has 21 heavy (non-hydrogen) atoms. The van der Waals surface area contributed by atoms with Crippen LogP contribution in [0, 0.1) is 12.7 Å². The summed E-state index contributed by atoms with van der Waals surface area (Å²) in [5.41, 5.74) is 1.22. The van der Waals surface area contributed by atoms with Crippen molar-refractivity contribution in [2.75, 3.05) is 4.31 Å². The van der Waals surface area contributed by atoms with E-state index >= 15 is 0 Å². The molecule has 0 amide bonds. The maximum atomic E-state index is 14.0. The van der Waals surface area contributed by atoms with Crippen molar-refractivity contribution in [3.05, 3.63) is 59.9 Å². The molecule has 0 unspecified atom stereocenters. The quantitative estimate of drug-likeness (QED) is 0.863. The Hall–Kier alpha value is -1.88. The van der Waals surface area contributed by atoms with E-state index in [0.717, 1.165) is 0 Å². The molecule has 0 bridgehead atoms. The van der Waals surface area contributed by atoms with Gasteiger partial charge in [0.1, 0.15) is 10.7 Å². The lowest BCUT2D eigenvalue weighted by Crippen LogP contribution is -2.37. The summed E-state index contributed by atoms with van der Waals surface area (Å²) in [5.74, 6) is -0.734. The summed E-state index contributed by atoms with van der Waals surface area (Å²) in [5, 5.41) is 0. The van der Waals surface area contributed by atoms with Crippen molar-refractivity contribution >= 4 is 15.7 Å². The van der Waals surface area contributed by atoms with Gasteiger partial charge < -0.3 is 0 Å². The van der Waals surface area contributed by atoms with Gasteiger partial charge >= 0.3 is 0 Å². The minimum absolute atomic E-state index is 0.292. The van der Waals surface area contributed by atoms with Gasteiger partial charge in [0.25, 0.3) is 10.0 Å². The zero-order valence-corrected chi connectivity index (χ0v) is 13.1. The molecule has 0 heterocycles. The number of halogens is 1. The second-order valence-corrected chi connectivity index (χ2v) is 6.95. The van der Waals surface area contributed by atoms with Crippen molar-refractivity contribution in [1.29, 1.82) is 0 Å². The Bertz CT molecular complexity index is 727. The van der Waals surface area contributed by atoms with Crippen molar-refractivity contribution in [1.82, 2.24) is 0 Å². The third-order valence-electron chi connectivity index (χ3n) is 3.10. The van der Waals surface area contributed by atoms with Gasteiger partial charge in [0.05, 0.1) is 5.69 Å². The molecular weight excluding hydrogens is 289 g/mol. The van der Waals surface area contributed by atoms with Crippen molar-refractivity contribution in [2.24, 2.45) is 0 Å². The topological polar surface area (TPSA) is 37.4 Å². The number of para-hydroxylation sites is 1. The smallest absolute Gasteiger partial charge is 0.264 e. The van der Waals surface area contributed by atoms with Gasteiger partial charge in [0.2, 0.25) is 0 Å². The van der Waals surface area contributed by atoms with Crippen LogP contribution in [-0.4, -0.2) is 14.5 Å². The third-order valence-corrected chi connectivity index (χ3v) is 5.12. The van der Waals surface area contributed by atoms with Crippen molar-refractivity contribution in [3.8, 4) is 0 Å². The molecule has 0 saturated carbocycles. The predicted octanol–water partition coefficient (Wildman–Crippen LogP) is 3.74. The molecule has 2 rings (SSSR count). The van der Waals surface area contributed by atoms with E-state index in [2.05, 4.69) is 0 Å². The van der Waals surface area contributed by atoms with E-state index < -0.39 is 15.8 Å². The van der Waals surface area contributed by atoms with Gasteiger partial charge in [0, 0.05) is 6.04 Å². The highest BCUT2D eigenvalue weighted by molar-refractivity contribution is 7.92. The van der Waals surface area contributed by atoms with Gasteiger partial charge in [-0.2, -0.15) is 0 Å². The van der Waals surface area contributed by atoms with Gasteiger partial charge in [-0.15, -0.1) is 0 Å². The van der Waals surface area contributed by atoms with Gasteiger partial charge in [-0.1, -0.05) is 24.3 Å². The average Bonchev–Trinajstić information content (AvgIpc) is 2.42. The van der Waals surface area contributed by atoms with Crippen molar-refractivity contribution < 1.29 is 12.8 Å². The summed E-state index contributed by atoms with van der Waals surface area (Å²) < 4.78 is 40.9. The Morgan fingerprint density at radius 1 is 1.05 bits per heavy atom. The van der Waals surface area contributed by atoms with Gasteiger partial charge in [0.15, 0.2) is 0 Å². The van der Waals surface area contributed by atoms with Crippen LogP contribution in [0.1, 0.15) is 19.4 Å². The van der Waals surface area contributed by atoms with Gasteiger partial charge in [-0.25, -0.2) is 12.8 Å². The summed E-state index contributed by atoms with van der Waals surface area (Å²) in [6.45, 7) is 5.26. The summed E-state index contributed by atoms with van der Waals surface area (Å²) in [6.07, 6.45) is 0. The lowest BCUT2D eigenvalue weighted by Gasteiger charge is -2.28. The molecule has 0 fully saturated rings. The minimum atomic E-state index is -3.95. The molecule has 0 aliphatic carbocycles. The number of sulfonamides is 1. The molecular formula is C16H18FNO2S. The summed E-state index contributed by atoms with van der Waals surface area (Å²) in [6, 6.07) is 12.5. The van der Waals surface area contributed by atoms with Crippen LogP contribution in [0.5, 0.6) is 0 Å². The first kappa shape index (κ1) is 15.5. The fraction of sp³-hybridized carbons (Fsp3) is 0.250. The molecule has 0 atom stereocenters. The number of hydrogen-bond donors (Lipinski definition) is 0. The molecule has 0 spiro atoms. The molecule has 0 aliphatic rings. The number of aryl methyl sites for hydroxylation is 1. The monoisotopic (exact) mass is 307 g/mol. The van der Waals surface area contributed by atoms with E-state index in [4.69, 9.17) is 0 Å². The Morgan fingerprint density at radius 2 is 1.67 bits per heavy atom. The van der Waals surface area contributed by atoms with Crippen LogP contribution in [0.15, 0.2) is 53.4 Å². The standard InChI is InChI=1S/C16H18FNO2S/c1-12(2)18(14-7-5-4-6-8-14)21(19,20)16-11-13(3)9-10-15(16)17/h4-12H,1-3H3. The predicted molar refractivity (Wildman–Crippen MR) is 82.4 cm³/mol. The highest BCUT2D eigenvalue weighted by Gasteiger charge is 2.29. The van der Waals surface area contributed by atoms with Crippen LogP contribution in [-0.2, 0) is 10.0 Å². The van der Waals surface area contributed by atoms with E-state index in [1.165, 1.54) is 16.4 Å². The highest BCUT2D eigenvalue weighted by Crippen LogP contribution is 2.27. The lowest BCUT2D eigenvalue weighted by atomic mass is 10.2. The molecule has 2 aromatic carbocycles. The molecule has 0 N–H and O–H groups in total. The minimum Gasteiger partial charge on any atom is -0.264 e. The van der Waals surface area contributed by atoms with Crippen LogP contribution in [0.3, 0.4) is 0 Å². The summed E-state index contributed by atoms with van der Waals surface area (Å²) in [4.78, 5) is -0.292. The normalized spacial score (nSPS) is 11.7. The van der Waals surface area contributed by atoms with E-state index in [1.807, 2.05) is 6.07 Å². The van der Waals surface area contributed by atoms with Crippen molar-refractivity contribution in [2.45, 2.75) is 31.7 Å². The first-order chi connectivity index (χ1) is 9.84. The fourth-order valence-electron chi connectivity index (χ4n) is 2.20. The molecule has 2 aromatic rings. The van der Waals surface area contributed by atoms with Crippen molar-refractivity contribution in [3.63, 3.8) is 0 Å².